The van der Waals surface area contributed by atoms with Gasteiger partial charge < -0.3 is 9.64 Å². The van der Waals surface area contributed by atoms with Crippen molar-refractivity contribution in [1.29, 1.82) is 0 Å². The number of amides is 1. The lowest BCUT2D eigenvalue weighted by molar-refractivity contribution is 0.0785. The van der Waals surface area contributed by atoms with E-state index in [0.29, 0.717) is 17.1 Å². The van der Waals surface area contributed by atoms with E-state index in [4.69, 9.17) is 16.3 Å². The molecule has 0 radical (unpaired) electrons. The average molecular weight is 369 g/mol. The van der Waals surface area contributed by atoms with E-state index in [1.165, 1.54) is 0 Å². The monoisotopic (exact) mass is 367 g/mol. The van der Waals surface area contributed by atoms with Gasteiger partial charge in [0.25, 0.3) is 5.91 Å². The molecule has 2 rings (SSSR count). The third-order valence-electron chi connectivity index (χ3n) is 3.01. The summed E-state index contributed by atoms with van der Waals surface area (Å²) in [5.74, 6) is 0.694. The van der Waals surface area contributed by atoms with E-state index in [1.807, 2.05) is 24.3 Å². The van der Waals surface area contributed by atoms with E-state index in [-0.39, 0.29) is 5.91 Å². The number of ether oxygens (including phenoxy) is 1. The molecule has 0 fully saturated rings. The standard InChI is InChI=1S/C16H15BrClNO2/c1-19(10-11-4-3-5-15(6-11)21-2)16(20)12-7-13(17)9-14(18)8-12/h3-9H,10H2,1-2H3. The van der Waals surface area contributed by atoms with Gasteiger partial charge in [0.05, 0.1) is 7.11 Å². The van der Waals surface area contributed by atoms with Crippen LogP contribution in [0.1, 0.15) is 15.9 Å². The Labute approximate surface area is 137 Å². The summed E-state index contributed by atoms with van der Waals surface area (Å²) < 4.78 is 5.97. The van der Waals surface area contributed by atoms with Gasteiger partial charge in [-0.3, -0.25) is 4.79 Å². The highest BCUT2D eigenvalue weighted by molar-refractivity contribution is 9.10. The zero-order valence-corrected chi connectivity index (χ0v) is 14.1. The number of hydrogen-bond donors (Lipinski definition) is 0. The van der Waals surface area contributed by atoms with Gasteiger partial charge in [0.2, 0.25) is 0 Å². The largest absolute Gasteiger partial charge is 0.497 e. The lowest BCUT2D eigenvalue weighted by Crippen LogP contribution is -2.26. The van der Waals surface area contributed by atoms with E-state index in [9.17, 15) is 4.79 Å². The Bertz CT molecular complexity index is 640. The summed E-state index contributed by atoms with van der Waals surface area (Å²) in [4.78, 5) is 14.1. The summed E-state index contributed by atoms with van der Waals surface area (Å²) in [5, 5.41) is 0.530. The Kier molecular flexibility index (Phi) is 5.26. The molecule has 0 aliphatic rings. The van der Waals surface area contributed by atoms with Crippen LogP contribution in [0.25, 0.3) is 0 Å². The van der Waals surface area contributed by atoms with Crippen LogP contribution < -0.4 is 4.74 Å². The van der Waals surface area contributed by atoms with Crippen molar-refractivity contribution in [1.82, 2.24) is 4.90 Å². The lowest BCUT2D eigenvalue weighted by atomic mass is 10.1. The predicted molar refractivity (Wildman–Crippen MR) is 87.9 cm³/mol. The van der Waals surface area contributed by atoms with Crippen LogP contribution in [0.2, 0.25) is 5.02 Å². The minimum atomic E-state index is -0.0824. The van der Waals surface area contributed by atoms with Gasteiger partial charge in [0, 0.05) is 28.7 Å². The highest BCUT2D eigenvalue weighted by Gasteiger charge is 2.13. The third-order valence-corrected chi connectivity index (χ3v) is 3.69. The number of carbonyl (C=O) groups excluding carboxylic acids is 1. The lowest BCUT2D eigenvalue weighted by Gasteiger charge is -2.18. The van der Waals surface area contributed by atoms with Crippen LogP contribution in [-0.2, 0) is 6.54 Å². The third kappa shape index (κ3) is 4.22. The van der Waals surface area contributed by atoms with E-state index in [2.05, 4.69) is 15.9 Å². The molecular formula is C16H15BrClNO2. The zero-order chi connectivity index (χ0) is 15.4. The molecule has 0 atom stereocenters. The molecule has 3 nitrogen and oxygen atoms in total. The minimum Gasteiger partial charge on any atom is -0.497 e. The first-order valence-corrected chi connectivity index (χ1v) is 7.51. The Morgan fingerprint density at radius 3 is 2.71 bits per heavy atom. The number of hydrogen-bond acceptors (Lipinski definition) is 2. The first-order chi connectivity index (χ1) is 9.99. The van der Waals surface area contributed by atoms with Crippen LogP contribution in [0, 0.1) is 0 Å². The molecule has 0 saturated carbocycles. The topological polar surface area (TPSA) is 29.5 Å². The van der Waals surface area contributed by atoms with Gasteiger partial charge in [-0.25, -0.2) is 0 Å². The van der Waals surface area contributed by atoms with E-state index in [0.717, 1.165) is 15.8 Å². The van der Waals surface area contributed by atoms with Crippen LogP contribution in [0.15, 0.2) is 46.9 Å². The molecule has 1 amide bonds. The van der Waals surface area contributed by atoms with E-state index < -0.39 is 0 Å². The molecule has 0 unspecified atom stereocenters. The summed E-state index contributed by atoms with van der Waals surface area (Å²) in [6, 6.07) is 12.8. The average Bonchev–Trinajstić information content (AvgIpc) is 2.45. The molecule has 0 aliphatic carbocycles. The normalized spacial score (nSPS) is 10.3. The molecule has 0 aliphatic heterocycles. The van der Waals surface area contributed by atoms with Gasteiger partial charge in [-0.15, -0.1) is 0 Å². The fourth-order valence-corrected chi connectivity index (χ4v) is 2.87. The van der Waals surface area contributed by atoms with Crippen molar-refractivity contribution in [2.24, 2.45) is 0 Å². The second kappa shape index (κ2) is 6.96. The van der Waals surface area contributed by atoms with Gasteiger partial charge in [-0.2, -0.15) is 0 Å². The van der Waals surface area contributed by atoms with Gasteiger partial charge in [0.1, 0.15) is 5.75 Å². The molecule has 0 spiro atoms. The van der Waals surface area contributed by atoms with Crippen molar-refractivity contribution in [3.63, 3.8) is 0 Å². The van der Waals surface area contributed by atoms with Crippen LogP contribution in [0.5, 0.6) is 5.75 Å². The second-order valence-corrected chi connectivity index (χ2v) is 6.02. The Morgan fingerprint density at radius 2 is 2.05 bits per heavy atom. The van der Waals surface area contributed by atoms with Crippen molar-refractivity contribution in [3.05, 3.63) is 63.1 Å². The molecule has 110 valence electrons. The molecule has 2 aromatic rings. The Balaban J connectivity index is 2.15. The molecule has 0 aromatic heterocycles. The second-order valence-electron chi connectivity index (χ2n) is 4.67. The van der Waals surface area contributed by atoms with Gasteiger partial charge in [0.15, 0.2) is 0 Å². The first-order valence-electron chi connectivity index (χ1n) is 6.34. The molecule has 21 heavy (non-hydrogen) atoms. The van der Waals surface area contributed by atoms with Gasteiger partial charge in [-0.05, 0) is 35.9 Å². The number of rotatable bonds is 4. The molecule has 0 heterocycles. The smallest absolute Gasteiger partial charge is 0.253 e. The summed E-state index contributed by atoms with van der Waals surface area (Å²) in [6.45, 7) is 0.500. The number of halogens is 2. The summed E-state index contributed by atoms with van der Waals surface area (Å²) in [5.41, 5.74) is 1.56. The van der Waals surface area contributed by atoms with Crippen molar-refractivity contribution in [2.45, 2.75) is 6.54 Å². The van der Waals surface area contributed by atoms with Crippen molar-refractivity contribution in [2.75, 3.05) is 14.2 Å². The van der Waals surface area contributed by atoms with Gasteiger partial charge >= 0.3 is 0 Å². The highest BCUT2D eigenvalue weighted by atomic mass is 79.9. The SMILES string of the molecule is COc1cccc(CN(C)C(=O)c2cc(Cl)cc(Br)c2)c1. The molecule has 0 saturated heterocycles. The van der Waals surface area contributed by atoms with Crippen molar-refractivity contribution < 1.29 is 9.53 Å². The quantitative estimate of drug-likeness (QED) is 0.801. The first kappa shape index (κ1) is 15.9. The summed E-state index contributed by atoms with van der Waals surface area (Å²) in [7, 11) is 3.38. The number of benzene rings is 2. The highest BCUT2D eigenvalue weighted by Crippen LogP contribution is 2.21. The number of methoxy groups -OCH3 is 1. The molecule has 0 bridgehead atoms. The fraction of sp³-hybridized carbons (Fsp3) is 0.188. The maximum Gasteiger partial charge on any atom is 0.253 e. The fourth-order valence-electron chi connectivity index (χ4n) is 2.01. The summed E-state index contributed by atoms with van der Waals surface area (Å²) in [6.07, 6.45) is 0. The van der Waals surface area contributed by atoms with Crippen LogP contribution >= 0.6 is 27.5 Å². The van der Waals surface area contributed by atoms with Crippen LogP contribution in [-0.4, -0.2) is 25.0 Å². The summed E-state index contributed by atoms with van der Waals surface area (Å²) >= 11 is 9.33. The molecular weight excluding hydrogens is 354 g/mol. The Morgan fingerprint density at radius 1 is 1.29 bits per heavy atom. The van der Waals surface area contributed by atoms with Gasteiger partial charge in [-0.1, -0.05) is 39.7 Å². The molecule has 2 aromatic carbocycles. The number of nitrogens with zero attached hydrogens (tertiary/aromatic N) is 1. The predicted octanol–water partition coefficient (Wildman–Crippen LogP) is 4.38. The maximum absolute atomic E-state index is 12.4. The Hall–Kier alpha value is -1.52. The van der Waals surface area contributed by atoms with Crippen LogP contribution in [0.4, 0.5) is 0 Å². The maximum atomic E-state index is 12.4. The van der Waals surface area contributed by atoms with E-state index in [1.54, 1.807) is 37.3 Å². The molecule has 0 N–H and O–H groups in total. The molecule has 5 heteroatoms. The number of carbonyl (C=O) groups is 1. The zero-order valence-electron chi connectivity index (χ0n) is 11.8. The van der Waals surface area contributed by atoms with Crippen molar-refractivity contribution in [3.8, 4) is 5.75 Å². The van der Waals surface area contributed by atoms with E-state index >= 15 is 0 Å². The minimum absolute atomic E-state index is 0.0824. The van der Waals surface area contributed by atoms with Crippen molar-refractivity contribution >= 4 is 33.4 Å². The van der Waals surface area contributed by atoms with Crippen LogP contribution in [0.3, 0.4) is 0 Å².